The van der Waals surface area contributed by atoms with E-state index in [0.29, 0.717) is 0 Å². The molecule has 0 amide bonds. The third-order valence-electron chi connectivity index (χ3n) is 6.32. The second kappa shape index (κ2) is 12.3. The van der Waals surface area contributed by atoms with Crippen molar-refractivity contribution in [2.75, 3.05) is 26.9 Å². The highest BCUT2D eigenvalue weighted by molar-refractivity contribution is 4.95. The van der Waals surface area contributed by atoms with E-state index in [2.05, 4.69) is 0 Å². The first-order valence-electron chi connectivity index (χ1n) is 11.0. The predicted molar refractivity (Wildman–Crippen MR) is 106 cm³/mol. The van der Waals surface area contributed by atoms with Gasteiger partial charge in [0.2, 0.25) is 0 Å². The molecule has 3 aliphatic rings. The second-order valence-corrected chi connectivity index (χ2v) is 8.58. The summed E-state index contributed by atoms with van der Waals surface area (Å²) in [5, 5.41) is 100. The summed E-state index contributed by atoms with van der Waals surface area (Å²) in [5.41, 5.74) is 0. The quantitative estimate of drug-likeness (QED) is 0.143. The van der Waals surface area contributed by atoms with Crippen molar-refractivity contribution in [3.05, 3.63) is 0 Å². The van der Waals surface area contributed by atoms with Crippen LogP contribution in [0.2, 0.25) is 0 Å². The highest BCUT2D eigenvalue weighted by Crippen LogP contribution is 2.30. The van der Waals surface area contributed by atoms with Gasteiger partial charge in [-0.2, -0.15) is 0 Å². The third kappa shape index (κ3) is 5.93. The Morgan fingerprint density at radius 1 is 0.571 bits per heavy atom. The topological polar surface area (TPSA) is 258 Å². The van der Waals surface area contributed by atoms with Gasteiger partial charge in [0, 0.05) is 7.11 Å². The third-order valence-corrected chi connectivity index (χ3v) is 6.32. The molecule has 35 heavy (non-hydrogen) atoms. The summed E-state index contributed by atoms with van der Waals surface area (Å²) in [6, 6.07) is 0. The molecule has 0 aromatic carbocycles. The van der Waals surface area contributed by atoms with Crippen LogP contribution in [0.15, 0.2) is 0 Å². The minimum absolute atomic E-state index is 0.588. The average Bonchev–Trinajstić information content (AvgIpc) is 2.85. The highest BCUT2D eigenvalue weighted by Gasteiger charge is 2.51. The molecular weight excluding hydrogens is 484 g/mol. The molecule has 0 radical (unpaired) electrons. The summed E-state index contributed by atoms with van der Waals surface area (Å²) in [6.45, 7) is -1.89. The Morgan fingerprint density at radius 3 is 1.77 bits per heavy atom. The first-order valence-corrected chi connectivity index (χ1v) is 11.0. The number of ether oxygens (including phenoxy) is 6. The van der Waals surface area contributed by atoms with Crippen molar-refractivity contribution >= 4 is 0 Å². The van der Waals surface area contributed by atoms with E-state index in [1.165, 1.54) is 7.11 Å². The minimum atomic E-state index is -1.90. The van der Waals surface area contributed by atoms with Gasteiger partial charge in [0.25, 0.3) is 0 Å². The van der Waals surface area contributed by atoms with E-state index >= 15 is 0 Å². The molecule has 1 unspecified atom stereocenters. The zero-order chi connectivity index (χ0) is 26.0. The molecule has 0 saturated carbocycles. The molecule has 16 nitrogen and oxygen atoms in total. The average molecular weight is 518 g/mol. The lowest BCUT2D eigenvalue weighted by molar-refractivity contribution is -0.362. The fourth-order valence-electron chi connectivity index (χ4n) is 4.22. The van der Waals surface area contributed by atoms with Gasteiger partial charge < -0.3 is 79.5 Å². The smallest absolute Gasteiger partial charge is 0.187 e. The van der Waals surface area contributed by atoms with E-state index in [1.807, 2.05) is 0 Å². The maximum atomic E-state index is 10.7. The number of rotatable bonds is 8. The second-order valence-electron chi connectivity index (χ2n) is 8.58. The van der Waals surface area contributed by atoms with Crippen LogP contribution >= 0.6 is 0 Å². The number of aliphatic hydroxyl groups excluding tert-OH is 10. The van der Waals surface area contributed by atoms with Gasteiger partial charge in [-0.1, -0.05) is 0 Å². The molecule has 0 spiro atoms. The molecule has 206 valence electrons. The van der Waals surface area contributed by atoms with Crippen LogP contribution in [-0.4, -0.2) is 170 Å². The molecule has 15 atom stereocenters. The first kappa shape index (κ1) is 28.9. The Bertz CT molecular complexity index is 652. The van der Waals surface area contributed by atoms with Crippen molar-refractivity contribution in [3.63, 3.8) is 0 Å². The lowest BCUT2D eigenvalue weighted by Gasteiger charge is -2.46. The molecule has 3 saturated heterocycles. The molecule has 0 aromatic heterocycles. The summed E-state index contributed by atoms with van der Waals surface area (Å²) in [6.07, 6.45) is -23.5. The maximum Gasteiger partial charge on any atom is 0.187 e. The summed E-state index contributed by atoms with van der Waals surface area (Å²) in [7, 11) is 1.23. The monoisotopic (exact) mass is 518 g/mol. The molecule has 3 rings (SSSR count). The van der Waals surface area contributed by atoms with Crippen LogP contribution in [-0.2, 0) is 28.4 Å². The van der Waals surface area contributed by atoms with Gasteiger partial charge in [-0.3, -0.25) is 0 Å². The molecule has 16 heteroatoms. The molecule has 3 fully saturated rings. The van der Waals surface area contributed by atoms with Crippen molar-refractivity contribution in [1.29, 1.82) is 0 Å². The van der Waals surface area contributed by atoms with E-state index in [4.69, 9.17) is 28.4 Å². The summed E-state index contributed by atoms with van der Waals surface area (Å²) < 4.78 is 31.5. The highest BCUT2D eigenvalue weighted by atomic mass is 16.7. The summed E-state index contributed by atoms with van der Waals surface area (Å²) >= 11 is 0. The molecule has 3 aliphatic heterocycles. The summed E-state index contributed by atoms with van der Waals surface area (Å²) in [5.74, 6) is 0. The Balaban J connectivity index is 1.66. The standard InChI is InChI=1S/C19H34O16/c1-30-15-6(3-21)34-19(13(27)11(15)25)35-16-9(23)7(32-17(29)14(16)28)4-31-18-12(26)10(24)8(22)5(2-20)33-18/h5-29H,2-4H2,1H3/t5-,6-,7-,8-,9-,10+,11-,12+,13+,14+,15-,16+,17?,18+,19-/m1/s1. The molecule has 0 aliphatic carbocycles. The Kier molecular flexibility index (Phi) is 10.1. The van der Waals surface area contributed by atoms with Crippen molar-refractivity contribution < 1.29 is 79.5 Å². The lowest BCUT2D eigenvalue weighted by Crippen LogP contribution is -2.65. The van der Waals surface area contributed by atoms with Gasteiger partial charge >= 0.3 is 0 Å². The van der Waals surface area contributed by atoms with Crippen LogP contribution in [0.25, 0.3) is 0 Å². The number of methoxy groups -OCH3 is 1. The SMILES string of the molecule is CO[C@H]1[C@H](O)[C@H](O)[C@@H](O[C@H]2[C@H](O)[C@@H](CO[C@H]3O[C@H](CO)[C@@H](O)[C@H](O)[C@@H]3O)OC(O)[C@H]2O)O[C@@H]1CO. The molecule has 10 N–H and O–H groups in total. The Labute approximate surface area is 199 Å². The van der Waals surface area contributed by atoms with Crippen molar-refractivity contribution in [3.8, 4) is 0 Å². The van der Waals surface area contributed by atoms with Gasteiger partial charge in [0.1, 0.15) is 73.2 Å². The Hall–Kier alpha value is -0.640. The minimum Gasteiger partial charge on any atom is -0.394 e. The number of hydrogen-bond donors (Lipinski definition) is 10. The molecular formula is C19H34O16. The van der Waals surface area contributed by atoms with E-state index in [9.17, 15) is 51.1 Å². The first-order chi connectivity index (χ1) is 16.5. The summed E-state index contributed by atoms with van der Waals surface area (Å²) in [4.78, 5) is 0. The van der Waals surface area contributed by atoms with Gasteiger partial charge in [-0.15, -0.1) is 0 Å². The van der Waals surface area contributed by atoms with E-state index in [0.717, 1.165) is 0 Å². The predicted octanol–water partition coefficient (Wildman–Crippen LogP) is -6.92. The molecule has 0 aromatic rings. The van der Waals surface area contributed by atoms with Crippen LogP contribution in [0, 0.1) is 0 Å². The lowest BCUT2D eigenvalue weighted by atomic mass is 9.96. The van der Waals surface area contributed by atoms with Crippen molar-refractivity contribution in [2.24, 2.45) is 0 Å². The van der Waals surface area contributed by atoms with Gasteiger partial charge in [0.05, 0.1) is 19.8 Å². The number of hydrogen-bond acceptors (Lipinski definition) is 16. The van der Waals surface area contributed by atoms with Crippen LogP contribution in [0.4, 0.5) is 0 Å². The van der Waals surface area contributed by atoms with Crippen LogP contribution in [0.5, 0.6) is 0 Å². The van der Waals surface area contributed by atoms with E-state index in [-0.39, 0.29) is 0 Å². The zero-order valence-electron chi connectivity index (χ0n) is 18.7. The largest absolute Gasteiger partial charge is 0.394 e. The van der Waals surface area contributed by atoms with Crippen LogP contribution < -0.4 is 0 Å². The maximum absolute atomic E-state index is 10.7. The van der Waals surface area contributed by atoms with E-state index < -0.39 is 112 Å². The van der Waals surface area contributed by atoms with Gasteiger partial charge in [-0.25, -0.2) is 0 Å². The van der Waals surface area contributed by atoms with Crippen molar-refractivity contribution in [2.45, 2.75) is 92.1 Å². The fourth-order valence-corrected chi connectivity index (χ4v) is 4.22. The van der Waals surface area contributed by atoms with Gasteiger partial charge in [0.15, 0.2) is 18.9 Å². The van der Waals surface area contributed by atoms with Crippen LogP contribution in [0.1, 0.15) is 0 Å². The normalized spacial score (nSPS) is 51.3. The number of aliphatic hydroxyl groups is 10. The molecule has 3 heterocycles. The van der Waals surface area contributed by atoms with Crippen molar-refractivity contribution in [1.82, 2.24) is 0 Å². The zero-order valence-corrected chi connectivity index (χ0v) is 18.7. The van der Waals surface area contributed by atoms with Gasteiger partial charge in [-0.05, 0) is 0 Å². The Morgan fingerprint density at radius 2 is 1.17 bits per heavy atom. The van der Waals surface area contributed by atoms with Crippen LogP contribution in [0.3, 0.4) is 0 Å². The van der Waals surface area contributed by atoms with E-state index in [1.54, 1.807) is 0 Å². The fraction of sp³-hybridized carbons (Fsp3) is 1.00. The molecule has 0 bridgehead atoms.